The molecule has 0 spiro atoms. The average Bonchev–Trinajstić information content (AvgIpc) is 2.26. The van der Waals surface area contributed by atoms with Gasteiger partial charge in [0, 0.05) is 13.2 Å². The summed E-state index contributed by atoms with van der Waals surface area (Å²) in [7, 11) is 0. The highest BCUT2D eigenvalue weighted by molar-refractivity contribution is 9.11. The van der Waals surface area contributed by atoms with E-state index >= 15 is 0 Å². The number of hydrogen-bond donors (Lipinski definition) is 1. The predicted molar refractivity (Wildman–Crippen MR) is 47.1 cm³/mol. The summed E-state index contributed by atoms with van der Waals surface area (Å²) in [6.45, 7) is 0.847. The Balaban J connectivity index is 2.62. The van der Waals surface area contributed by atoms with Crippen LogP contribution >= 0.6 is 31.9 Å². The van der Waals surface area contributed by atoms with Crippen LogP contribution in [-0.4, -0.2) is 26.5 Å². The third-order valence-corrected chi connectivity index (χ3v) is 2.05. The molecule has 62 valence electrons. The number of aromatic nitrogens is 3. The van der Waals surface area contributed by atoms with Crippen LogP contribution in [0.4, 0.5) is 0 Å². The number of nitrogens with zero attached hydrogens (tertiary/aromatic N) is 3. The molecule has 1 aromatic rings. The summed E-state index contributed by atoms with van der Waals surface area (Å²) >= 11 is 6.36. The first kappa shape index (κ1) is 9.15. The maximum absolute atomic E-state index is 8.54. The molecular weight excluding hydrogens is 278 g/mol. The number of aliphatic hydroxyl groups is 1. The summed E-state index contributed by atoms with van der Waals surface area (Å²) < 4.78 is 2.92. The van der Waals surface area contributed by atoms with Crippen molar-refractivity contribution in [1.29, 1.82) is 0 Å². The molecule has 0 saturated carbocycles. The standard InChI is InChI=1S/C5H7Br2N3O/c6-4-8-5(7)10(9-4)2-1-3-11/h11H,1-3H2. The van der Waals surface area contributed by atoms with E-state index in [2.05, 4.69) is 41.9 Å². The van der Waals surface area contributed by atoms with Gasteiger partial charge >= 0.3 is 0 Å². The van der Waals surface area contributed by atoms with Crippen molar-refractivity contribution in [1.82, 2.24) is 14.8 Å². The van der Waals surface area contributed by atoms with Crippen molar-refractivity contribution < 1.29 is 5.11 Å². The lowest BCUT2D eigenvalue weighted by atomic mass is 10.5. The summed E-state index contributed by atoms with van der Waals surface area (Å²) in [5.74, 6) is 0. The molecule has 4 nitrogen and oxygen atoms in total. The first-order chi connectivity index (χ1) is 5.24. The zero-order chi connectivity index (χ0) is 8.27. The van der Waals surface area contributed by atoms with Crippen LogP contribution in [0.15, 0.2) is 9.47 Å². The van der Waals surface area contributed by atoms with Crippen molar-refractivity contribution in [2.45, 2.75) is 13.0 Å². The van der Waals surface area contributed by atoms with Crippen LogP contribution in [-0.2, 0) is 6.54 Å². The lowest BCUT2D eigenvalue weighted by molar-refractivity contribution is 0.276. The number of hydrogen-bond acceptors (Lipinski definition) is 3. The van der Waals surface area contributed by atoms with Crippen LogP contribution in [0, 0.1) is 0 Å². The van der Waals surface area contributed by atoms with E-state index in [-0.39, 0.29) is 6.61 Å². The first-order valence-electron chi connectivity index (χ1n) is 3.10. The summed E-state index contributed by atoms with van der Waals surface area (Å²) in [4.78, 5) is 3.97. The molecule has 1 N–H and O–H groups in total. The van der Waals surface area contributed by atoms with Crippen LogP contribution in [0.2, 0.25) is 0 Å². The van der Waals surface area contributed by atoms with Crippen LogP contribution < -0.4 is 0 Å². The third-order valence-electron chi connectivity index (χ3n) is 1.13. The fourth-order valence-corrected chi connectivity index (χ4v) is 1.68. The van der Waals surface area contributed by atoms with Crippen molar-refractivity contribution in [2.24, 2.45) is 0 Å². The number of aliphatic hydroxyl groups excluding tert-OH is 1. The first-order valence-corrected chi connectivity index (χ1v) is 4.69. The molecular formula is C5H7Br2N3O. The molecule has 6 heteroatoms. The van der Waals surface area contributed by atoms with Crippen LogP contribution in [0.25, 0.3) is 0 Å². The van der Waals surface area contributed by atoms with E-state index in [9.17, 15) is 0 Å². The van der Waals surface area contributed by atoms with Crippen molar-refractivity contribution in [3.8, 4) is 0 Å². The minimum Gasteiger partial charge on any atom is -0.396 e. The number of aryl methyl sites for hydroxylation is 1. The van der Waals surface area contributed by atoms with E-state index in [1.807, 2.05) is 0 Å². The van der Waals surface area contributed by atoms with Crippen LogP contribution in [0.5, 0.6) is 0 Å². The van der Waals surface area contributed by atoms with Gasteiger partial charge in [0.15, 0.2) is 4.73 Å². The molecule has 0 bridgehead atoms. The second kappa shape index (κ2) is 4.18. The fraction of sp³-hybridized carbons (Fsp3) is 0.600. The maximum Gasteiger partial charge on any atom is 0.218 e. The molecule has 0 saturated heterocycles. The Morgan fingerprint density at radius 3 is 2.64 bits per heavy atom. The quantitative estimate of drug-likeness (QED) is 0.907. The predicted octanol–water partition coefficient (Wildman–Crippen LogP) is 1.19. The van der Waals surface area contributed by atoms with Gasteiger partial charge in [0.2, 0.25) is 4.73 Å². The molecule has 0 unspecified atom stereocenters. The van der Waals surface area contributed by atoms with Gasteiger partial charge in [-0.1, -0.05) is 0 Å². The van der Waals surface area contributed by atoms with E-state index in [1.165, 1.54) is 0 Å². The van der Waals surface area contributed by atoms with E-state index in [0.717, 1.165) is 0 Å². The highest BCUT2D eigenvalue weighted by Gasteiger charge is 2.02. The van der Waals surface area contributed by atoms with E-state index in [4.69, 9.17) is 5.11 Å². The average molecular weight is 285 g/mol. The normalized spacial score (nSPS) is 10.5. The Hall–Kier alpha value is 0.0600. The molecule has 0 atom stereocenters. The van der Waals surface area contributed by atoms with Gasteiger partial charge in [0.05, 0.1) is 0 Å². The minimum atomic E-state index is 0.171. The Bertz CT molecular complexity index is 238. The molecule has 1 aromatic heterocycles. The largest absolute Gasteiger partial charge is 0.396 e. The SMILES string of the molecule is OCCCn1nc(Br)nc1Br. The zero-order valence-electron chi connectivity index (χ0n) is 5.67. The number of halogens is 2. The fourth-order valence-electron chi connectivity index (χ4n) is 0.660. The third kappa shape index (κ3) is 2.53. The monoisotopic (exact) mass is 283 g/mol. The molecule has 1 heterocycles. The molecule has 0 aliphatic heterocycles. The molecule has 0 fully saturated rings. The van der Waals surface area contributed by atoms with Gasteiger partial charge < -0.3 is 5.11 Å². The highest BCUT2D eigenvalue weighted by atomic mass is 79.9. The Morgan fingerprint density at radius 1 is 1.45 bits per heavy atom. The van der Waals surface area contributed by atoms with Gasteiger partial charge in [-0.2, -0.15) is 4.98 Å². The Morgan fingerprint density at radius 2 is 2.18 bits per heavy atom. The summed E-state index contributed by atoms with van der Waals surface area (Å²) in [6, 6.07) is 0. The molecule has 11 heavy (non-hydrogen) atoms. The molecule has 0 aliphatic carbocycles. The minimum absolute atomic E-state index is 0.171. The van der Waals surface area contributed by atoms with Gasteiger partial charge in [-0.25, -0.2) is 4.68 Å². The van der Waals surface area contributed by atoms with Crippen molar-refractivity contribution in [3.05, 3.63) is 9.47 Å². The summed E-state index contributed by atoms with van der Waals surface area (Å²) in [5.41, 5.74) is 0. The topological polar surface area (TPSA) is 50.9 Å². The lowest BCUT2D eigenvalue weighted by Gasteiger charge is -1.97. The lowest BCUT2D eigenvalue weighted by Crippen LogP contribution is -2.02. The number of rotatable bonds is 3. The Kier molecular flexibility index (Phi) is 3.47. The molecule has 0 radical (unpaired) electrons. The van der Waals surface area contributed by atoms with E-state index in [1.54, 1.807) is 4.68 Å². The smallest absolute Gasteiger partial charge is 0.218 e. The molecule has 1 rings (SSSR count). The van der Waals surface area contributed by atoms with Crippen LogP contribution in [0.3, 0.4) is 0 Å². The highest BCUT2D eigenvalue weighted by Crippen LogP contribution is 2.10. The summed E-state index contributed by atoms with van der Waals surface area (Å²) in [5, 5.41) is 12.5. The summed E-state index contributed by atoms with van der Waals surface area (Å²) in [6.07, 6.45) is 0.689. The van der Waals surface area contributed by atoms with Gasteiger partial charge in [0.1, 0.15) is 0 Å². The van der Waals surface area contributed by atoms with Gasteiger partial charge in [-0.05, 0) is 38.3 Å². The van der Waals surface area contributed by atoms with E-state index < -0.39 is 0 Å². The molecule has 0 aromatic carbocycles. The molecule has 0 amide bonds. The van der Waals surface area contributed by atoms with Crippen molar-refractivity contribution >= 4 is 31.9 Å². The molecule has 0 aliphatic rings. The Labute approximate surface area is 80.9 Å². The van der Waals surface area contributed by atoms with Crippen LogP contribution in [0.1, 0.15) is 6.42 Å². The van der Waals surface area contributed by atoms with Gasteiger partial charge in [-0.15, -0.1) is 5.10 Å². The van der Waals surface area contributed by atoms with E-state index in [0.29, 0.717) is 22.4 Å². The van der Waals surface area contributed by atoms with Crippen molar-refractivity contribution in [3.63, 3.8) is 0 Å². The second-order valence-corrected chi connectivity index (χ2v) is 3.37. The van der Waals surface area contributed by atoms with Crippen molar-refractivity contribution in [2.75, 3.05) is 6.61 Å². The second-order valence-electron chi connectivity index (χ2n) is 1.95. The maximum atomic E-state index is 8.54. The zero-order valence-corrected chi connectivity index (χ0v) is 8.84. The van der Waals surface area contributed by atoms with Gasteiger partial charge in [-0.3, -0.25) is 0 Å². The van der Waals surface area contributed by atoms with Gasteiger partial charge in [0.25, 0.3) is 0 Å².